The van der Waals surface area contributed by atoms with Crippen molar-refractivity contribution in [2.75, 3.05) is 0 Å². The van der Waals surface area contributed by atoms with Crippen LogP contribution in [0.1, 0.15) is 68.1 Å². The van der Waals surface area contributed by atoms with E-state index in [-0.39, 0.29) is 11.5 Å². The van der Waals surface area contributed by atoms with Crippen LogP contribution >= 0.6 is 0 Å². The third kappa shape index (κ3) is 4.33. The highest BCUT2D eigenvalue weighted by Gasteiger charge is 2.38. The van der Waals surface area contributed by atoms with Crippen molar-refractivity contribution < 1.29 is 26.3 Å². The molecule has 1 fully saturated rings. The highest BCUT2D eigenvalue weighted by molar-refractivity contribution is 5.68. The second-order valence-corrected chi connectivity index (χ2v) is 9.00. The van der Waals surface area contributed by atoms with Gasteiger partial charge in [0.05, 0.1) is 11.1 Å². The molecule has 2 aromatic carbocycles. The van der Waals surface area contributed by atoms with Gasteiger partial charge in [0.25, 0.3) is 0 Å². The summed E-state index contributed by atoms with van der Waals surface area (Å²) in [6, 6.07) is 3.36. The molecule has 4 rings (SSSR count). The molecule has 2 aliphatic rings. The summed E-state index contributed by atoms with van der Waals surface area (Å²) in [5, 5.41) is 0. The average molecular weight is 452 g/mol. The molecule has 0 radical (unpaired) electrons. The Morgan fingerprint density at radius 1 is 1.00 bits per heavy atom. The van der Waals surface area contributed by atoms with Crippen LogP contribution in [0.3, 0.4) is 0 Å². The van der Waals surface area contributed by atoms with Gasteiger partial charge >= 0.3 is 6.18 Å². The minimum absolute atomic E-state index is 0.0805. The molecule has 3 atom stereocenters. The van der Waals surface area contributed by atoms with Crippen molar-refractivity contribution in [1.82, 2.24) is 0 Å². The first kappa shape index (κ1) is 22.9. The van der Waals surface area contributed by atoms with Crippen LogP contribution in [0.4, 0.5) is 26.3 Å². The Hall–Kier alpha value is -2.24. The lowest BCUT2D eigenvalue weighted by atomic mass is 9.65. The zero-order valence-electron chi connectivity index (χ0n) is 17.9. The normalized spacial score (nSPS) is 23.3. The Labute approximate surface area is 184 Å². The molecule has 6 heteroatoms. The Balaban J connectivity index is 1.64. The van der Waals surface area contributed by atoms with Crippen molar-refractivity contribution >= 4 is 0 Å². The summed E-state index contributed by atoms with van der Waals surface area (Å²) in [5.41, 5.74) is -1.04. The molecule has 0 N–H and O–H groups in total. The Morgan fingerprint density at radius 3 is 2.47 bits per heavy atom. The van der Waals surface area contributed by atoms with E-state index < -0.39 is 34.8 Å². The van der Waals surface area contributed by atoms with Gasteiger partial charge in [0.2, 0.25) is 0 Å². The monoisotopic (exact) mass is 452 g/mol. The zero-order chi connectivity index (χ0) is 23.0. The molecule has 0 nitrogen and oxygen atoms in total. The summed E-state index contributed by atoms with van der Waals surface area (Å²) in [5.74, 6) is -2.24. The summed E-state index contributed by atoms with van der Waals surface area (Å²) in [4.78, 5) is 0. The third-order valence-corrected chi connectivity index (χ3v) is 6.97. The summed E-state index contributed by atoms with van der Waals surface area (Å²) >= 11 is 0. The fourth-order valence-electron chi connectivity index (χ4n) is 5.42. The van der Waals surface area contributed by atoms with Gasteiger partial charge in [0, 0.05) is 0 Å². The topological polar surface area (TPSA) is 0 Å². The van der Waals surface area contributed by atoms with E-state index in [2.05, 4.69) is 19.1 Å². The van der Waals surface area contributed by atoms with E-state index in [4.69, 9.17) is 0 Å². The number of rotatable bonds is 4. The van der Waals surface area contributed by atoms with Gasteiger partial charge in [-0.25, -0.2) is 13.2 Å². The molecule has 2 aromatic rings. The van der Waals surface area contributed by atoms with Gasteiger partial charge in [0.1, 0.15) is 17.5 Å². The van der Waals surface area contributed by atoms with Gasteiger partial charge in [-0.3, -0.25) is 0 Å². The molecule has 0 aliphatic heterocycles. The number of benzene rings is 2. The molecule has 1 saturated carbocycles. The van der Waals surface area contributed by atoms with Crippen LogP contribution in [-0.4, -0.2) is 0 Å². The van der Waals surface area contributed by atoms with Gasteiger partial charge in [-0.1, -0.05) is 31.6 Å². The van der Waals surface area contributed by atoms with Gasteiger partial charge in [-0.2, -0.15) is 13.2 Å². The number of halogens is 6. The molecule has 0 bridgehead atoms. The Kier molecular flexibility index (Phi) is 6.42. The number of allylic oxidation sites excluding steroid dienone is 2. The van der Waals surface area contributed by atoms with Crippen LogP contribution in [-0.2, 0) is 12.6 Å². The summed E-state index contributed by atoms with van der Waals surface area (Å²) in [6.45, 7) is 2.13. The SMILES string of the molecule is CCC/C=C/[C@@H]1CC[C@@H]2c3cc(F)c(-c4ccc(C(F)(F)F)c(F)c4)c(F)c3CC[C@@H]2C1. The maximum absolute atomic E-state index is 15.4. The van der Waals surface area contributed by atoms with Crippen molar-refractivity contribution in [1.29, 1.82) is 0 Å². The second kappa shape index (κ2) is 8.95. The standard InChI is InChI=1S/C26H26F6/c1-2-3-4-5-15-6-9-18-16(12-15)7-10-19-20(18)14-23(28)24(25(19)29)17-8-11-21(22(27)13-17)26(30,31)32/h4-5,8,11,13-16,18H,2-3,6-7,9-10,12H2,1H3/b5-4+/t15-,16-,18+/m1/s1. The summed E-state index contributed by atoms with van der Waals surface area (Å²) < 4.78 is 83.0. The lowest BCUT2D eigenvalue weighted by Gasteiger charge is -2.40. The van der Waals surface area contributed by atoms with Crippen molar-refractivity contribution in [3.63, 3.8) is 0 Å². The average Bonchev–Trinajstić information content (AvgIpc) is 2.73. The largest absolute Gasteiger partial charge is 0.419 e. The molecular formula is C26H26F6. The lowest BCUT2D eigenvalue weighted by molar-refractivity contribution is -0.139. The van der Waals surface area contributed by atoms with Crippen LogP contribution in [0, 0.1) is 29.3 Å². The van der Waals surface area contributed by atoms with E-state index in [9.17, 15) is 17.6 Å². The number of alkyl halides is 3. The van der Waals surface area contributed by atoms with Gasteiger partial charge in [-0.05, 0) is 91.2 Å². The van der Waals surface area contributed by atoms with Gasteiger partial charge < -0.3 is 0 Å². The molecule has 0 spiro atoms. The van der Waals surface area contributed by atoms with E-state index in [0.29, 0.717) is 41.5 Å². The zero-order valence-corrected chi connectivity index (χ0v) is 17.9. The summed E-state index contributed by atoms with van der Waals surface area (Å²) in [7, 11) is 0. The third-order valence-electron chi connectivity index (χ3n) is 6.97. The number of hydrogen-bond donors (Lipinski definition) is 0. The molecule has 0 amide bonds. The Morgan fingerprint density at radius 2 is 1.78 bits per heavy atom. The maximum Gasteiger partial charge on any atom is 0.419 e. The van der Waals surface area contributed by atoms with Crippen molar-refractivity contribution in [2.24, 2.45) is 11.8 Å². The van der Waals surface area contributed by atoms with Crippen molar-refractivity contribution in [3.05, 3.63) is 70.6 Å². The predicted molar refractivity (Wildman–Crippen MR) is 113 cm³/mol. The first-order valence-corrected chi connectivity index (χ1v) is 11.2. The smallest absolute Gasteiger partial charge is 0.206 e. The minimum Gasteiger partial charge on any atom is -0.206 e. The predicted octanol–water partition coefficient (Wildman–Crippen LogP) is 8.59. The van der Waals surface area contributed by atoms with E-state index in [1.54, 1.807) is 0 Å². The van der Waals surface area contributed by atoms with Crippen LogP contribution in [0.2, 0.25) is 0 Å². The second-order valence-electron chi connectivity index (χ2n) is 9.00. The number of hydrogen-bond acceptors (Lipinski definition) is 0. The minimum atomic E-state index is -4.87. The quantitative estimate of drug-likeness (QED) is 0.322. The molecule has 172 valence electrons. The molecule has 32 heavy (non-hydrogen) atoms. The fourth-order valence-corrected chi connectivity index (χ4v) is 5.42. The van der Waals surface area contributed by atoms with Crippen LogP contribution < -0.4 is 0 Å². The van der Waals surface area contributed by atoms with E-state index in [0.717, 1.165) is 44.6 Å². The Bertz CT molecular complexity index is 1020. The van der Waals surface area contributed by atoms with E-state index >= 15 is 8.78 Å². The van der Waals surface area contributed by atoms with Gasteiger partial charge in [0.15, 0.2) is 0 Å². The number of unbranched alkanes of at least 4 members (excludes halogenated alkanes) is 1. The molecule has 0 heterocycles. The maximum atomic E-state index is 15.4. The van der Waals surface area contributed by atoms with Crippen LogP contribution in [0.5, 0.6) is 0 Å². The van der Waals surface area contributed by atoms with E-state index in [1.165, 1.54) is 6.07 Å². The van der Waals surface area contributed by atoms with E-state index in [1.807, 2.05) is 0 Å². The van der Waals surface area contributed by atoms with Crippen LogP contribution in [0.25, 0.3) is 11.1 Å². The van der Waals surface area contributed by atoms with Crippen molar-refractivity contribution in [2.45, 2.75) is 64.0 Å². The van der Waals surface area contributed by atoms with Crippen molar-refractivity contribution in [3.8, 4) is 11.1 Å². The fraction of sp³-hybridized carbons (Fsp3) is 0.462. The molecule has 0 aromatic heterocycles. The first-order valence-electron chi connectivity index (χ1n) is 11.2. The molecule has 0 saturated heterocycles. The highest BCUT2D eigenvalue weighted by Crippen LogP contribution is 2.49. The molecule has 2 aliphatic carbocycles. The first-order chi connectivity index (χ1) is 15.2. The highest BCUT2D eigenvalue weighted by atomic mass is 19.4. The molecular weight excluding hydrogens is 426 g/mol. The lowest BCUT2D eigenvalue weighted by Crippen LogP contribution is -2.28. The molecule has 0 unspecified atom stereocenters. The summed E-state index contributed by atoms with van der Waals surface area (Å²) in [6.07, 6.45) is 5.85. The van der Waals surface area contributed by atoms with Gasteiger partial charge in [-0.15, -0.1) is 0 Å². The van der Waals surface area contributed by atoms with Crippen LogP contribution in [0.15, 0.2) is 36.4 Å². The number of fused-ring (bicyclic) bond motifs is 3.